The summed E-state index contributed by atoms with van der Waals surface area (Å²) < 4.78 is 5.05. The molecule has 0 unspecified atom stereocenters. The molecule has 1 aliphatic rings. The molecule has 2 amide bonds. The van der Waals surface area contributed by atoms with Crippen molar-refractivity contribution in [1.82, 2.24) is 10.6 Å². The molecule has 0 saturated carbocycles. The van der Waals surface area contributed by atoms with E-state index >= 15 is 0 Å². The predicted octanol–water partition coefficient (Wildman–Crippen LogP) is 1.71. The number of nitrogens with one attached hydrogen (secondary N) is 2. The van der Waals surface area contributed by atoms with Gasteiger partial charge in [-0.15, -0.1) is 0 Å². The third-order valence-corrected chi connectivity index (χ3v) is 4.26. The molecule has 1 heterocycles. The van der Waals surface area contributed by atoms with Crippen molar-refractivity contribution in [3.63, 3.8) is 0 Å². The summed E-state index contributed by atoms with van der Waals surface area (Å²) in [6.07, 6.45) is 2.07. The number of amides is 2. The van der Waals surface area contributed by atoms with E-state index in [9.17, 15) is 19.5 Å². The van der Waals surface area contributed by atoms with E-state index in [0.29, 0.717) is 19.4 Å². The molecule has 1 saturated heterocycles. The number of benzene rings is 1. The lowest BCUT2D eigenvalue weighted by Gasteiger charge is -2.23. The Labute approximate surface area is 146 Å². The number of carbonyl (C=O) groups excluding carboxylic acids is 2. The van der Waals surface area contributed by atoms with Crippen LogP contribution in [-0.2, 0) is 20.7 Å². The molecule has 3 N–H and O–H groups in total. The zero-order valence-corrected chi connectivity index (χ0v) is 14.1. The second-order valence-corrected chi connectivity index (χ2v) is 6.11. The van der Waals surface area contributed by atoms with Crippen molar-refractivity contribution in [3.8, 4) is 0 Å². The van der Waals surface area contributed by atoms with Gasteiger partial charge in [-0.3, -0.25) is 4.79 Å². The number of aliphatic carboxylic acids is 1. The van der Waals surface area contributed by atoms with Gasteiger partial charge in [0.05, 0.1) is 6.61 Å². The Bertz CT molecular complexity index is 590. The highest BCUT2D eigenvalue weighted by Gasteiger charge is 2.26. The summed E-state index contributed by atoms with van der Waals surface area (Å²) in [6, 6.07) is 8.50. The number of carboxylic acid groups (broad SMARTS) is 1. The number of carboxylic acids is 1. The fraction of sp³-hybridized carbons (Fsp3) is 0.500. The molecule has 136 valence electrons. The normalized spacial score (nSPS) is 18.1. The Balaban J connectivity index is 1.73. The van der Waals surface area contributed by atoms with Crippen LogP contribution in [0.2, 0.25) is 0 Å². The van der Waals surface area contributed by atoms with Crippen LogP contribution in [0.5, 0.6) is 0 Å². The molecule has 1 aromatic rings. The van der Waals surface area contributed by atoms with Crippen LogP contribution in [0.3, 0.4) is 0 Å². The van der Waals surface area contributed by atoms with Gasteiger partial charge in [-0.1, -0.05) is 30.3 Å². The maximum atomic E-state index is 11.8. The highest BCUT2D eigenvalue weighted by molar-refractivity contribution is 5.81. The van der Waals surface area contributed by atoms with Crippen LogP contribution in [0.4, 0.5) is 4.79 Å². The lowest BCUT2D eigenvalue weighted by molar-refractivity contribution is -0.140. The van der Waals surface area contributed by atoms with E-state index < -0.39 is 18.1 Å². The molecule has 25 heavy (non-hydrogen) atoms. The van der Waals surface area contributed by atoms with E-state index in [1.165, 1.54) is 0 Å². The molecule has 1 aliphatic heterocycles. The Morgan fingerprint density at radius 1 is 1.32 bits per heavy atom. The number of hydrogen-bond donors (Lipinski definition) is 3. The number of rotatable bonds is 8. The fourth-order valence-electron chi connectivity index (χ4n) is 2.83. The monoisotopic (exact) mass is 348 g/mol. The Hall–Kier alpha value is -2.57. The van der Waals surface area contributed by atoms with Gasteiger partial charge < -0.3 is 20.5 Å². The van der Waals surface area contributed by atoms with Crippen molar-refractivity contribution >= 4 is 18.0 Å². The Kier molecular flexibility index (Phi) is 7.25. The number of alkyl carbamates (subject to hydrolysis) is 1. The summed E-state index contributed by atoms with van der Waals surface area (Å²) >= 11 is 0. The summed E-state index contributed by atoms with van der Waals surface area (Å²) in [5.41, 5.74) is 1.04. The first-order valence-electron chi connectivity index (χ1n) is 8.54. The Morgan fingerprint density at radius 3 is 2.76 bits per heavy atom. The van der Waals surface area contributed by atoms with Crippen molar-refractivity contribution < 1.29 is 24.2 Å². The van der Waals surface area contributed by atoms with Gasteiger partial charge in [-0.05, 0) is 31.2 Å². The lowest BCUT2D eigenvalue weighted by Crippen LogP contribution is -2.43. The number of piperidine rings is 1. The third kappa shape index (κ3) is 6.45. The van der Waals surface area contributed by atoms with Crippen molar-refractivity contribution in [1.29, 1.82) is 0 Å². The van der Waals surface area contributed by atoms with Gasteiger partial charge in [0.1, 0.15) is 6.04 Å². The highest BCUT2D eigenvalue weighted by atomic mass is 16.5. The van der Waals surface area contributed by atoms with Crippen molar-refractivity contribution in [2.24, 2.45) is 5.92 Å². The van der Waals surface area contributed by atoms with Crippen molar-refractivity contribution in [2.75, 3.05) is 13.2 Å². The number of hydrogen-bond acceptors (Lipinski definition) is 4. The van der Waals surface area contributed by atoms with Crippen LogP contribution in [0, 0.1) is 5.92 Å². The van der Waals surface area contributed by atoms with Crippen LogP contribution < -0.4 is 10.6 Å². The first kappa shape index (κ1) is 18.8. The molecule has 0 aliphatic carbocycles. The molecule has 1 aromatic carbocycles. The molecular weight excluding hydrogens is 324 g/mol. The molecular formula is C18H24N2O5. The summed E-state index contributed by atoms with van der Waals surface area (Å²) in [7, 11) is 0. The topological polar surface area (TPSA) is 105 Å². The summed E-state index contributed by atoms with van der Waals surface area (Å²) in [4.78, 5) is 34.8. The van der Waals surface area contributed by atoms with Crippen LogP contribution >= 0.6 is 0 Å². The third-order valence-electron chi connectivity index (χ3n) is 4.26. The minimum absolute atomic E-state index is 0.0409. The van der Waals surface area contributed by atoms with Gasteiger partial charge in [0.2, 0.25) is 5.91 Å². The van der Waals surface area contributed by atoms with Crippen LogP contribution in [0.15, 0.2) is 30.3 Å². The largest absolute Gasteiger partial charge is 0.480 e. The lowest BCUT2D eigenvalue weighted by atomic mass is 9.92. The van der Waals surface area contributed by atoms with E-state index in [1.807, 2.05) is 30.3 Å². The highest BCUT2D eigenvalue weighted by Crippen LogP contribution is 2.18. The van der Waals surface area contributed by atoms with E-state index in [0.717, 1.165) is 18.4 Å². The minimum Gasteiger partial charge on any atom is -0.480 e. The van der Waals surface area contributed by atoms with Gasteiger partial charge in [0.15, 0.2) is 0 Å². The predicted molar refractivity (Wildman–Crippen MR) is 91.0 cm³/mol. The van der Waals surface area contributed by atoms with Crippen LogP contribution in [-0.4, -0.2) is 42.3 Å². The summed E-state index contributed by atoms with van der Waals surface area (Å²) in [6.45, 7) is 0.844. The van der Waals surface area contributed by atoms with Crippen molar-refractivity contribution in [3.05, 3.63) is 35.9 Å². The van der Waals surface area contributed by atoms with Gasteiger partial charge in [-0.2, -0.15) is 0 Å². The second kappa shape index (κ2) is 9.66. The molecule has 0 aromatic heterocycles. The fourth-order valence-corrected chi connectivity index (χ4v) is 2.83. The van der Waals surface area contributed by atoms with E-state index in [-0.39, 0.29) is 24.9 Å². The average Bonchev–Trinajstić information content (AvgIpc) is 2.60. The standard InChI is InChI=1S/C18H24N2O5/c21-16-14(7-4-11-19-16)8-9-15(17(22)23)20-18(24)25-12-10-13-5-2-1-3-6-13/h1-3,5-6,14-15H,4,7-12H2,(H,19,21)(H,20,24)(H,22,23)/t14-,15-/m0/s1. The second-order valence-electron chi connectivity index (χ2n) is 6.11. The van der Waals surface area contributed by atoms with Crippen molar-refractivity contribution in [2.45, 2.75) is 38.1 Å². The number of ether oxygens (including phenoxy) is 1. The first-order chi connectivity index (χ1) is 12.1. The zero-order chi connectivity index (χ0) is 18.1. The maximum absolute atomic E-state index is 11.8. The van der Waals surface area contributed by atoms with Gasteiger partial charge in [0.25, 0.3) is 0 Å². The van der Waals surface area contributed by atoms with E-state index in [2.05, 4.69) is 10.6 Å². The van der Waals surface area contributed by atoms with Gasteiger partial charge in [0, 0.05) is 18.9 Å². The molecule has 1 fully saturated rings. The SMILES string of the molecule is O=C(N[C@@H](CC[C@@H]1CCCNC1=O)C(=O)O)OCCc1ccccc1. The Morgan fingerprint density at radius 2 is 2.08 bits per heavy atom. The zero-order valence-electron chi connectivity index (χ0n) is 14.1. The smallest absolute Gasteiger partial charge is 0.407 e. The van der Waals surface area contributed by atoms with Crippen LogP contribution in [0.25, 0.3) is 0 Å². The van der Waals surface area contributed by atoms with Crippen LogP contribution in [0.1, 0.15) is 31.2 Å². The molecule has 0 radical (unpaired) electrons. The molecule has 7 heteroatoms. The average molecular weight is 348 g/mol. The molecule has 7 nitrogen and oxygen atoms in total. The summed E-state index contributed by atoms with van der Waals surface area (Å²) in [5.74, 6) is -1.36. The molecule has 0 bridgehead atoms. The van der Waals surface area contributed by atoms with Gasteiger partial charge >= 0.3 is 12.1 Å². The molecule has 0 spiro atoms. The molecule has 2 rings (SSSR count). The minimum atomic E-state index is -1.13. The maximum Gasteiger partial charge on any atom is 0.407 e. The molecule has 2 atom stereocenters. The first-order valence-corrected chi connectivity index (χ1v) is 8.54. The number of carbonyl (C=O) groups is 3. The quantitative estimate of drug-likeness (QED) is 0.663. The van der Waals surface area contributed by atoms with E-state index in [1.54, 1.807) is 0 Å². The van der Waals surface area contributed by atoms with Gasteiger partial charge in [-0.25, -0.2) is 9.59 Å². The summed E-state index contributed by atoms with van der Waals surface area (Å²) in [5, 5.41) is 14.4. The van der Waals surface area contributed by atoms with E-state index in [4.69, 9.17) is 4.74 Å².